The van der Waals surface area contributed by atoms with Crippen LogP contribution in [-0.2, 0) is 0 Å². The quantitative estimate of drug-likeness (QED) is 0.560. The fourth-order valence-electron chi connectivity index (χ4n) is 2.79. The molecule has 0 bridgehead atoms. The van der Waals surface area contributed by atoms with E-state index in [2.05, 4.69) is 15.3 Å². The van der Waals surface area contributed by atoms with Crippen LogP contribution >= 0.6 is 0 Å². The van der Waals surface area contributed by atoms with Gasteiger partial charge in [-0.05, 0) is 55.5 Å². The van der Waals surface area contributed by atoms with Crippen LogP contribution in [0.25, 0.3) is 10.9 Å². The molecule has 0 atom stereocenters. The van der Waals surface area contributed by atoms with Crippen molar-refractivity contribution in [2.24, 2.45) is 0 Å². The lowest BCUT2D eigenvalue weighted by Crippen LogP contribution is -2.14. The van der Waals surface area contributed by atoms with Crippen molar-refractivity contribution in [1.82, 2.24) is 9.97 Å². The third-order valence-electron chi connectivity index (χ3n) is 4.14. The van der Waals surface area contributed by atoms with Crippen molar-refractivity contribution in [2.45, 2.75) is 6.92 Å². The molecule has 2 heterocycles. The van der Waals surface area contributed by atoms with Gasteiger partial charge in [-0.25, -0.2) is 0 Å². The topological polar surface area (TPSA) is 64.1 Å². The summed E-state index contributed by atoms with van der Waals surface area (Å²) in [4.78, 5) is 21.2. The molecule has 0 aliphatic carbocycles. The number of para-hydroxylation sites is 1. The van der Waals surface area contributed by atoms with E-state index >= 15 is 0 Å². The Morgan fingerprint density at radius 1 is 0.963 bits per heavy atom. The van der Waals surface area contributed by atoms with Gasteiger partial charge in [-0.1, -0.05) is 18.2 Å². The molecular formula is C22H17N3O2. The van der Waals surface area contributed by atoms with Crippen LogP contribution in [0.3, 0.4) is 0 Å². The smallest absolute Gasteiger partial charge is 0.257 e. The Kier molecular flexibility index (Phi) is 4.49. The van der Waals surface area contributed by atoms with Gasteiger partial charge in [0.15, 0.2) is 0 Å². The van der Waals surface area contributed by atoms with Gasteiger partial charge < -0.3 is 10.1 Å². The monoisotopic (exact) mass is 355 g/mol. The van der Waals surface area contributed by atoms with E-state index in [1.54, 1.807) is 36.7 Å². The molecule has 0 aliphatic heterocycles. The lowest BCUT2D eigenvalue weighted by atomic mass is 10.1. The first-order valence-corrected chi connectivity index (χ1v) is 8.55. The van der Waals surface area contributed by atoms with E-state index in [1.807, 2.05) is 49.4 Å². The maximum absolute atomic E-state index is 12.7. The van der Waals surface area contributed by atoms with Gasteiger partial charge in [0.2, 0.25) is 0 Å². The molecular weight excluding hydrogens is 338 g/mol. The van der Waals surface area contributed by atoms with Gasteiger partial charge in [0.05, 0.1) is 23.0 Å². The van der Waals surface area contributed by atoms with Crippen LogP contribution in [0.4, 0.5) is 5.69 Å². The molecule has 27 heavy (non-hydrogen) atoms. The normalized spacial score (nSPS) is 10.6. The standard InChI is InChI=1S/C22H17N3O2/c1-15-20(13-16-5-2-3-7-21(16)24-15)22(26)25-17-8-10-18(11-9-17)27-19-6-4-12-23-14-19/h2-14H,1H3,(H,25,26). The summed E-state index contributed by atoms with van der Waals surface area (Å²) in [7, 11) is 0. The Hall–Kier alpha value is -3.73. The number of amides is 1. The highest BCUT2D eigenvalue weighted by Crippen LogP contribution is 2.23. The third kappa shape index (κ3) is 3.77. The number of fused-ring (bicyclic) bond motifs is 1. The second-order valence-electron chi connectivity index (χ2n) is 6.08. The molecule has 0 unspecified atom stereocenters. The minimum Gasteiger partial charge on any atom is -0.456 e. The van der Waals surface area contributed by atoms with Crippen molar-refractivity contribution < 1.29 is 9.53 Å². The van der Waals surface area contributed by atoms with E-state index in [0.717, 1.165) is 10.9 Å². The summed E-state index contributed by atoms with van der Waals surface area (Å²) in [6.07, 6.45) is 3.33. The number of carbonyl (C=O) groups is 1. The Morgan fingerprint density at radius 3 is 2.56 bits per heavy atom. The van der Waals surface area contributed by atoms with Gasteiger partial charge in [0.1, 0.15) is 11.5 Å². The largest absolute Gasteiger partial charge is 0.456 e. The number of pyridine rings is 2. The number of nitrogens with zero attached hydrogens (tertiary/aromatic N) is 2. The van der Waals surface area contributed by atoms with Crippen LogP contribution in [0.2, 0.25) is 0 Å². The van der Waals surface area contributed by atoms with Crippen molar-refractivity contribution >= 4 is 22.5 Å². The summed E-state index contributed by atoms with van der Waals surface area (Å²) in [5, 5.41) is 3.85. The molecule has 132 valence electrons. The second kappa shape index (κ2) is 7.25. The predicted octanol–water partition coefficient (Wildman–Crippen LogP) is 4.98. The number of nitrogens with one attached hydrogen (secondary N) is 1. The molecule has 1 N–H and O–H groups in total. The number of aromatic nitrogens is 2. The predicted molar refractivity (Wildman–Crippen MR) is 105 cm³/mol. The van der Waals surface area contributed by atoms with Gasteiger partial charge in [0.25, 0.3) is 5.91 Å². The molecule has 1 amide bonds. The van der Waals surface area contributed by atoms with E-state index in [0.29, 0.717) is 28.4 Å². The number of hydrogen-bond donors (Lipinski definition) is 1. The van der Waals surface area contributed by atoms with Crippen LogP contribution in [-0.4, -0.2) is 15.9 Å². The Labute approximate surface area is 156 Å². The van der Waals surface area contributed by atoms with E-state index in [1.165, 1.54) is 0 Å². The van der Waals surface area contributed by atoms with Crippen molar-refractivity contribution in [3.8, 4) is 11.5 Å². The van der Waals surface area contributed by atoms with Crippen LogP contribution in [0.1, 0.15) is 16.1 Å². The van der Waals surface area contributed by atoms with E-state index in [9.17, 15) is 4.79 Å². The molecule has 5 heteroatoms. The first-order chi connectivity index (χ1) is 13.2. The van der Waals surface area contributed by atoms with Crippen LogP contribution < -0.4 is 10.1 Å². The number of rotatable bonds is 4. The van der Waals surface area contributed by atoms with Gasteiger partial charge in [-0.15, -0.1) is 0 Å². The Morgan fingerprint density at radius 2 is 1.78 bits per heavy atom. The highest BCUT2D eigenvalue weighted by Gasteiger charge is 2.12. The zero-order valence-corrected chi connectivity index (χ0v) is 14.7. The molecule has 2 aromatic heterocycles. The Balaban J connectivity index is 1.50. The average Bonchev–Trinajstić information content (AvgIpc) is 2.69. The minimum atomic E-state index is -0.188. The first-order valence-electron chi connectivity index (χ1n) is 8.55. The van der Waals surface area contributed by atoms with E-state index < -0.39 is 0 Å². The maximum Gasteiger partial charge on any atom is 0.257 e. The molecule has 0 radical (unpaired) electrons. The number of benzene rings is 2. The number of hydrogen-bond acceptors (Lipinski definition) is 4. The van der Waals surface area contributed by atoms with Crippen LogP contribution in [0, 0.1) is 6.92 Å². The van der Waals surface area contributed by atoms with E-state index in [4.69, 9.17) is 4.74 Å². The van der Waals surface area contributed by atoms with Gasteiger partial charge in [0, 0.05) is 17.3 Å². The van der Waals surface area contributed by atoms with Crippen molar-refractivity contribution in [3.05, 3.63) is 90.4 Å². The summed E-state index contributed by atoms with van der Waals surface area (Å²) in [6, 6.07) is 20.5. The molecule has 0 saturated heterocycles. The molecule has 4 rings (SSSR count). The molecule has 0 fully saturated rings. The number of anilines is 1. The summed E-state index contributed by atoms with van der Waals surface area (Å²) < 4.78 is 5.71. The SMILES string of the molecule is Cc1nc2ccccc2cc1C(=O)Nc1ccc(Oc2cccnc2)cc1. The third-order valence-corrected chi connectivity index (χ3v) is 4.14. The van der Waals surface area contributed by atoms with E-state index in [-0.39, 0.29) is 5.91 Å². The molecule has 0 spiro atoms. The average molecular weight is 355 g/mol. The number of carbonyl (C=O) groups excluding carboxylic acids is 1. The Bertz CT molecular complexity index is 1090. The lowest BCUT2D eigenvalue weighted by molar-refractivity contribution is 0.102. The summed E-state index contributed by atoms with van der Waals surface area (Å²) in [5.41, 5.74) is 2.82. The summed E-state index contributed by atoms with van der Waals surface area (Å²) >= 11 is 0. The van der Waals surface area contributed by atoms with Crippen molar-refractivity contribution in [3.63, 3.8) is 0 Å². The fourth-order valence-corrected chi connectivity index (χ4v) is 2.79. The first kappa shape index (κ1) is 16.7. The van der Waals surface area contributed by atoms with Crippen molar-refractivity contribution in [2.75, 3.05) is 5.32 Å². The molecule has 4 aromatic rings. The molecule has 0 saturated carbocycles. The molecule has 5 nitrogen and oxygen atoms in total. The summed E-state index contributed by atoms with van der Waals surface area (Å²) in [6.45, 7) is 1.84. The van der Waals surface area contributed by atoms with Crippen LogP contribution in [0.5, 0.6) is 11.5 Å². The highest BCUT2D eigenvalue weighted by molar-refractivity contribution is 6.06. The molecule has 0 aliphatic rings. The number of aryl methyl sites for hydroxylation is 1. The zero-order chi connectivity index (χ0) is 18.6. The van der Waals surface area contributed by atoms with Gasteiger partial charge in [-0.3, -0.25) is 14.8 Å². The van der Waals surface area contributed by atoms with Crippen molar-refractivity contribution in [1.29, 1.82) is 0 Å². The zero-order valence-electron chi connectivity index (χ0n) is 14.7. The van der Waals surface area contributed by atoms with Gasteiger partial charge in [-0.2, -0.15) is 0 Å². The highest BCUT2D eigenvalue weighted by atomic mass is 16.5. The number of ether oxygens (including phenoxy) is 1. The van der Waals surface area contributed by atoms with Crippen LogP contribution in [0.15, 0.2) is 79.1 Å². The minimum absolute atomic E-state index is 0.188. The fraction of sp³-hybridized carbons (Fsp3) is 0.0455. The van der Waals surface area contributed by atoms with Gasteiger partial charge >= 0.3 is 0 Å². The second-order valence-corrected chi connectivity index (χ2v) is 6.08. The lowest BCUT2D eigenvalue weighted by Gasteiger charge is -2.10. The maximum atomic E-state index is 12.7. The molecule has 2 aromatic carbocycles. The summed E-state index contributed by atoms with van der Waals surface area (Å²) in [5.74, 6) is 1.14.